The largest absolute Gasteiger partial charge is 0.444 e. The van der Waals surface area contributed by atoms with Crippen molar-refractivity contribution in [3.8, 4) is 12.3 Å². The lowest BCUT2D eigenvalue weighted by molar-refractivity contribution is -0.143. The Labute approximate surface area is 243 Å². The van der Waals surface area contributed by atoms with Crippen LogP contribution in [0.4, 0.5) is 4.79 Å². The summed E-state index contributed by atoms with van der Waals surface area (Å²) in [7, 11) is 0. The van der Waals surface area contributed by atoms with Crippen LogP contribution in [-0.2, 0) is 14.3 Å². The first-order valence-corrected chi connectivity index (χ1v) is 15.0. The first-order chi connectivity index (χ1) is 18.8. The van der Waals surface area contributed by atoms with E-state index in [1.54, 1.807) is 37.8 Å². The van der Waals surface area contributed by atoms with Crippen LogP contribution in [0.3, 0.4) is 0 Å². The maximum atomic E-state index is 14.2. The van der Waals surface area contributed by atoms with Crippen LogP contribution in [0.15, 0.2) is 24.3 Å². The number of hydrogen-bond acceptors (Lipinski definition) is 4. The van der Waals surface area contributed by atoms with E-state index in [0.717, 1.165) is 44.9 Å². The van der Waals surface area contributed by atoms with Crippen molar-refractivity contribution >= 4 is 17.9 Å². The van der Waals surface area contributed by atoms with E-state index in [-0.39, 0.29) is 23.8 Å². The molecule has 224 valence electrons. The van der Waals surface area contributed by atoms with Crippen molar-refractivity contribution < 1.29 is 19.1 Å². The minimum atomic E-state index is -0.865. The maximum absolute atomic E-state index is 14.2. The number of hydrogen-bond donors (Lipinski definition) is 2. The maximum Gasteiger partial charge on any atom is 0.408 e. The minimum absolute atomic E-state index is 0.0447. The van der Waals surface area contributed by atoms with Crippen LogP contribution in [-0.4, -0.2) is 47.0 Å². The van der Waals surface area contributed by atoms with Crippen molar-refractivity contribution in [1.82, 2.24) is 15.5 Å². The molecule has 0 saturated heterocycles. The number of carbonyl (C=O) groups is 3. The third-order valence-electron chi connectivity index (χ3n) is 6.70. The molecule has 0 aliphatic heterocycles. The summed E-state index contributed by atoms with van der Waals surface area (Å²) < 4.78 is 5.46. The third kappa shape index (κ3) is 12.4. The van der Waals surface area contributed by atoms with E-state index in [0.29, 0.717) is 17.7 Å². The number of alkyl carbamates (subject to hydrolysis) is 1. The van der Waals surface area contributed by atoms with E-state index in [2.05, 4.69) is 30.4 Å². The van der Waals surface area contributed by atoms with Crippen LogP contribution in [0.5, 0.6) is 0 Å². The summed E-state index contributed by atoms with van der Waals surface area (Å²) in [5.74, 6) is 1.84. The molecule has 0 aromatic heterocycles. The molecule has 40 heavy (non-hydrogen) atoms. The summed E-state index contributed by atoms with van der Waals surface area (Å²) in [6.45, 7) is 15.7. The Morgan fingerprint density at radius 2 is 1.52 bits per heavy atom. The number of terminal acetylenes is 1. The number of benzene rings is 1. The van der Waals surface area contributed by atoms with E-state index in [1.165, 1.54) is 6.42 Å². The highest BCUT2D eigenvalue weighted by Gasteiger charge is 2.37. The Morgan fingerprint density at radius 1 is 0.925 bits per heavy atom. The van der Waals surface area contributed by atoms with Crippen molar-refractivity contribution in [3.05, 3.63) is 35.4 Å². The molecule has 0 radical (unpaired) electrons. The van der Waals surface area contributed by atoms with E-state index in [4.69, 9.17) is 11.2 Å². The molecule has 0 spiro atoms. The van der Waals surface area contributed by atoms with Crippen LogP contribution in [0, 0.1) is 18.3 Å². The highest BCUT2D eigenvalue weighted by atomic mass is 16.6. The molecule has 1 aromatic carbocycles. The molecular formula is C33H53N3O4. The number of nitrogens with one attached hydrogen (secondary N) is 2. The molecule has 3 unspecified atom stereocenters. The molecule has 7 heteroatoms. The van der Waals surface area contributed by atoms with Crippen LogP contribution < -0.4 is 10.6 Å². The van der Waals surface area contributed by atoms with Gasteiger partial charge in [-0.15, -0.1) is 6.42 Å². The summed E-state index contributed by atoms with van der Waals surface area (Å²) in [6, 6.07) is 5.44. The van der Waals surface area contributed by atoms with Gasteiger partial charge in [0, 0.05) is 18.2 Å². The normalized spacial score (nSPS) is 13.6. The van der Waals surface area contributed by atoms with Gasteiger partial charge in [-0.1, -0.05) is 84.3 Å². The monoisotopic (exact) mass is 555 g/mol. The van der Waals surface area contributed by atoms with Gasteiger partial charge in [0.05, 0.1) is 0 Å². The van der Waals surface area contributed by atoms with E-state index < -0.39 is 23.8 Å². The molecule has 0 aliphatic carbocycles. The first-order valence-electron chi connectivity index (χ1n) is 15.0. The zero-order chi connectivity index (χ0) is 30.3. The van der Waals surface area contributed by atoms with Crippen molar-refractivity contribution in [3.63, 3.8) is 0 Å². The van der Waals surface area contributed by atoms with Gasteiger partial charge >= 0.3 is 6.09 Å². The summed E-state index contributed by atoms with van der Waals surface area (Å²) in [6.07, 6.45) is 12.9. The Balaban J connectivity index is 3.46. The van der Waals surface area contributed by atoms with Gasteiger partial charge < -0.3 is 20.3 Å². The van der Waals surface area contributed by atoms with Gasteiger partial charge in [0.15, 0.2) is 0 Å². The Hall–Kier alpha value is -3.01. The molecule has 1 aromatic rings. The molecule has 0 heterocycles. The molecule has 3 amide bonds. The number of rotatable bonds is 16. The summed E-state index contributed by atoms with van der Waals surface area (Å²) in [4.78, 5) is 42.5. The predicted octanol–water partition coefficient (Wildman–Crippen LogP) is 6.75. The van der Waals surface area contributed by atoms with Crippen molar-refractivity contribution in [1.29, 1.82) is 0 Å². The van der Waals surface area contributed by atoms with E-state index in [9.17, 15) is 14.4 Å². The number of nitrogens with zero attached hydrogens (tertiary/aromatic N) is 1. The smallest absolute Gasteiger partial charge is 0.408 e. The second-order valence-corrected chi connectivity index (χ2v) is 12.0. The molecule has 7 nitrogen and oxygen atoms in total. The van der Waals surface area contributed by atoms with Crippen molar-refractivity contribution in [2.75, 3.05) is 6.54 Å². The van der Waals surface area contributed by atoms with Crippen LogP contribution >= 0.6 is 0 Å². The lowest BCUT2D eigenvalue weighted by Crippen LogP contribution is -2.55. The average molecular weight is 556 g/mol. The Kier molecular flexibility index (Phi) is 15.4. The molecule has 0 aliphatic rings. The molecule has 3 atom stereocenters. The number of ether oxygens (including phenoxy) is 1. The predicted molar refractivity (Wildman–Crippen MR) is 163 cm³/mol. The van der Waals surface area contributed by atoms with Gasteiger partial charge in [-0.05, 0) is 64.2 Å². The van der Waals surface area contributed by atoms with Crippen molar-refractivity contribution in [2.24, 2.45) is 5.92 Å². The standard InChI is InChI=1S/C33H53N3O4/c1-10-13-14-15-16-17-23-36(31(38)28(24(4)5)35-32(39)40-33(7,8)9)29(30(37)34-25(6)18-11-2)27-21-19-26(12-3)20-22-27/h3,19-22,24-25,28-29H,10-11,13-18,23H2,1-2,4-9H3,(H,34,37)(H,35,39). The van der Waals surface area contributed by atoms with Gasteiger partial charge in [-0.2, -0.15) is 0 Å². The highest BCUT2D eigenvalue weighted by molar-refractivity contribution is 5.92. The number of unbranched alkanes of at least 4 members (excludes halogenated alkanes) is 5. The van der Waals surface area contributed by atoms with Gasteiger partial charge in [0.2, 0.25) is 11.8 Å². The molecule has 1 rings (SSSR count). The minimum Gasteiger partial charge on any atom is -0.444 e. The van der Waals surface area contributed by atoms with Gasteiger partial charge in [0.1, 0.15) is 17.7 Å². The second-order valence-electron chi connectivity index (χ2n) is 12.0. The van der Waals surface area contributed by atoms with E-state index in [1.807, 2.05) is 32.9 Å². The lowest BCUT2D eigenvalue weighted by Gasteiger charge is -2.36. The quantitative estimate of drug-likeness (QED) is 0.174. The SMILES string of the molecule is C#Cc1ccc(C(C(=O)NC(C)CCC)N(CCCCCCCC)C(=O)C(NC(=O)OC(C)(C)C)C(C)C)cc1. The number of amides is 3. The lowest BCUT2D eigenvalue weighted by atomic mass is 9.97. The summed E-state index contributed by atoms with van der Waals surface area (Å²) in [5.41, 5.74) is 0.672. The van der Waals surface area contributed by atoms with Crippen LogP contribution in [0.2, 0.25) is 0 Å². The second kappa shape index (κ2) is 17.6. The Bertz CT molecular complexity index is 959. The van der Waals surface area contributed by atoms with Crippen molar-refractivity contribution in [2.45, 2.75) is 130 Å². The Morgan fingerprint density at radius 3 is 2.05 bits per heavy atom. The average Bonchev–Trinajstić information content (AvgIpc) is 2.87. The van der Waals surface area contributed by atoms with E-state index >= 15 is 0 Å². The number of carbonyl (C=O) groups excluding carboxylic acids is 3. The third-order valence-corrected chi connectivity index (χ3v) is 6.70. The van der Waals surface area contributed by atoms with Gasteiger partial charge in [-0.25, -0.2) is 4.79 Å². The molecule has 0 fully saturated rings. The van der Waals surface area contributed by atoms with Crippen LogP contribution in [0.25, 0.3) is 0 Å². The van der Waals surface area contributed by atoms with Gasteiger partial charge in [-0.3, -0.25) is 9.59 Å². The van der Waals surface area contributed by atoms with Gasteiger partial charge in [0.25, 0.3) is 0 Å². The summed E-state index contributed by atoms with van der Waals surface area (Å²) >= 11 is 0. The summed E-state index contributed by atoms with van der Waals surface area (Å²) in [5, 5.41) is 5.90. The fraction of sp³-hybridized carbons (Fsp3) is 0.667. The molecular weight excluding hydrogens is 502 g/mol. The first kappa shape index (κ1) is 35.0. The molecule has 0 saturated carbocycles. The fourth-order valence-electron chi connectivity index (χ4n) is 4.62. The topological polar surface area (TPSA) is 87.7 Å². The zero-order valence-electron chi connectivity index (χ0n) is 26.1. The molecule has 0 bridgehead atoms. The zero-order valence-corrected chi connectivity index (χ0v) is 26.1. The van der Waals surface area contributed by atoms with Crippen LogP contribution in [0.1, 0.15) is 124 Å². The molecule has 2 N–H and O–H groups in total. The highest BCUT2D eigenvalue weighted by Crippen LogP contribution is 2.26. The fourth-order valence-corrected chi connectivity index (χ4v) is 4.62.